The Labute approximate surface area is 91.4 Å². The summed E-state index contributed by atoms with van der Waals surface area (Å²) in [6.45, 7) is 10.6. The van der Waals surface area contributed by atoms with Crippen LogP contribution in [0, 0.1) is 0 Å². The first-order chi connectivity index (χ1) is 6.66. The number of amides is 1. The summed E-state index contributed by atoms with van der Waals surface area (Å²) in [6.07, 6.45) is -1.05. The number of cyclic esters (lactones) is 1. The van der Waals surface area contributed by atoms with Crippen LogP contribution in [-0.2, 0) is 9.53 Å². The van der Waals surface area contributed by atoms with Crippen molar-refractivity contribution < 1.29 is 14.3 Å². The van der Waals surface area contributed by atoms with Gasteiger partial charge in [-0.25, -0.2) is 4.79 Å². The second-order valence-corrected chi connectivity index (χ2v) is 10.8. The molecule has 86 valence electrons. The van der Waals surface area contributed by atoms with Crippen LogP contribution in [0.1, 0.15) is 20.8 Å². The molecule has 0 aliphatic carbocycles. The molecular weight excluding hydrogens is 210 g/mol. The van der Waals surface area contributed by atoms with Gasteiger partial charge in [-0.3, -0.25) is 0 Å². The molecule has 0 aromatic heterocycles. The summed E-state index contributed by atoms with van der Waals surface area (Å²) in [5.74, 6) is 0. The first kappa shape index (κ1) is 12.2. The van der Waals surface area contributed by atoms with E-state index < -0.39 is 20.3 Å². The predicted octanol–water partition coefficient (Wildman–Crippen LogP) is 1.71. The highest BCUT2D eigenvalue weighted by molar-refractivity contribution is 7.06. The summed E-state index contributed by atoms with van der Waals surface area (Å²) in [5.41, 5.74) is 0. The molecule has 0 aromatic carbocycles. The zero-order valence-corrected chi connectivity index (χ0v) is 11.0. The second-order valence-electron chi connectivity index (χ2n) is 5.51. The van der Waals surface area contributed by atoms with E-state index in [9.17, 15) is 9.59 Å². The van der Waals surface area contributed by atoms with Crippen LogP contribution in [0.5, 0.6) is 0 Å². The van der Waals surface area contributed by atoms with Crippen molar-refractivity contribution in [1.82, 2.24) is 5.32 Å². The molecule has 1 N–H and O–H groups in total. The Hall–Kier alpha value is -0.843. The third-order valence-corrected chi connectivity index (χ3v) is 8.77. The monoisotopic (exact) mass is 229 g/mol. The maximum atomic E-state index is 12.2. The van der Waals surface area contributed by atoms with Gasteiger partial charge in [0.15, 0.2) is 11.5 Å². The Bertz CT molecular complexity index is 294. The summed E-state index contributed by atoms with van der Waals surface area (Å²) in [5, 5.41) is 2.62. The van der Waals surface area contributed by atoms with Crippen LogP contribution < -0.4 is 5.32 Å². The van der Waals surface area contributed by atoms with Crippen molar-refractivity contribution in [3.63, 3.8) is 0 Å². The molecule has 15 heavy (non-hydrogen) atoms. The van der Waals surface area contributed by atoms with E-state index in [4.69, 9.17) is 4.74 Å². The van der Waals surface area contributed by atoms with Crippen molar-refractivity contribution in [2.24, 2.45) is 0 Å². The second kappa shape index (κ2) is 3.63. The van der Waals surface area contributed by atoms with E-state index in [0.29, 0.717) is 6.54 Å². The molecule has 1 aliphatic heterocycles. The first-order valence-electron chi connectivity index (χ1n) is 5.15. The van der Waals surface area contributed by atoms with Gasteiger partial charge in [0.1, 0.15) is 8.07 Å². The molecule has 0 saturated carbocycles. The molecule has 5 heteroatoms. The SMILES string of the molecule is CC(C)(C)[Si](C)(C)C(=O)C1CNC(=O)O1. The fraction of sp³-hybridized carbons (Fsp3) is 0.800. The highest BCUT2D eigenvalue weighted by Crippen LogP contribution is 2.37. The van der Waals surface area contributed by atoms with Crippen molar-refractivity contribution in [2.45, 2.75) is 45.0 Å². The van der Waals surface area contributed by atoms with Crippen LogP contribution in [-0.4, -0.2) is 32.2 Å². The minimum absolute atomic E-state index is 0.0148. The van der Waals surface area contributed by atoms with E-state index in [2.05, 4.69) is 26.1 Å². The van der Waals surface area contributed by atoms with Gasteiger partial charge in [-0.15, -0.1) is 0 Å². The Morgan fingerprint density at radius 2 is 2.00 bits per heavy atom. The minimum atomic E-state index is -2.06. The van der Waals surface area contributed by atoms with Crippen molar-refractivity contribution in [1.29, 1.82) is 0 Å². The number of carbonyl (C=O) groups excluding carboxylic acids is 2. The Balaban J connectivity index is 2.80. The minimum Gasteiger partial charge on any atom is -0.437 e. The third kappa shape index (κ3) is 2.22. The lowest BCUT2D eigenvalue weighted by atomic mass is 10.2. The Morgan fingerprint density at radius 1 is 1.47 bits per heavy atom. The molecule has 1 saturated heterocycles. The van der Waals surface area contributed by atoms with Gasteiger partial charge in [0.05, 0.1) is 6.54 Å². The number of hydrogen-bond donors (Lipinski definition) is 1. The highest BCUT2D eigenvalue weighted by atomic mass is 28.3. The number of hydrogen-bond acceptors (Lipinski definition) is 3. The molecule has 1 aliphatic rings. The topological polar surface area (TPSA) is 55.4 Å². The molecule has 0 bridgehead atoms. The summed E-state index contributed by atoms with van der Waals surface area (Å²) in [7, 11) is -2.06. The molecule has 1 unspecified atom stereocenters. The standard InChI is InChI=1S/C10H19NO3Si/c1-10(2,3)15(4,5)8(12)7-6-11-9(13)14-7/h7H,6H2,1-5H3,(H,11,13). The van der Waals surface area contributed by atoms with Gasteiger partial charge in [-0.2, -0.15) is 0 Å². The van der Waals surface area contributed by atoms with E-state index in [1.165, 1.54) is 0 Å². The maximum Gasteiger partial charge on any atom is 0.408 e. The average molecular weight is 229 g/mol. The number of nitrogens with one attached hydrogen (secondary N) is 1. The molecule has 1 fully saturated rings. The van der Waals surface area contributed by atoms with Crippen LogP contribution >= 0.6 is 0 Å². The molecular formula is C10H19NO3Si. The lowest BCUT2D eigenvalue weighted by Gasteiger charge is -2.36. The largest absolute Gasteiger partial charge is 0.437 e. The van der Waals surface area contributed by atoms with Crippen LogP contribution in [0.4, 0.5) is 4.79 Å². The molecule has 0 aromatic rings. The molecule has 1 heterocycles. The molecule has 1 atom stereocenters. The smallest absolute Gasteiger partial charge is 0.408 e. The number of rotatable bonds is 2. The van der Waals surface area contributed by atoms with E-state index in [1.807, 2.05) is 13.1 Å². The van der Waals surface area contributed by atoms with E-state index >= 15 is 0 Å². The summed E-state index contributed by atoms with van der Waals surface area (Å²) in [6, 6.07) is 0. The predicted molar refractivity (Wildman–Crippen MR) is 60.5 cm³/mol. The van der Waals surface area contributed by atoms with Gasteiger partial charge in [0.2, 0.25) is 0 Å². The van der Waals surface area contributed by atoms with Crippen molar-refractivity contribution in [3.8, 4) is 0 Å². The number of carbonyl (C=O) groups is 2. The van der Waals surface area contributed by atoms with Crippen molar-refractivity contribution >= 4 is 19.6 Å². The van der Waals surface area contributed by atoms with Gasteiger partial charge < -0.3 is 14.8 Å². The van der Waals surface area contributed by atoms with E-state index in [-0.39, 0.29) is 10.4 Å². The van der Waals surface area contributed by atoms with Crippen molar-refractivity contribution in [2.75, 3.05) is 6.54 Å². The summed E-state index contributed by atoms with van der Waals surface area (Å²) < 4.78 is 4.94. The summed E-state index contributed by atoms with van der Waals surface area (Å²) >= 11 is 0. The third-order valence-electron chi connectivity index (χ3n) is 3.46. The lowest BCUT2D eigenvalue weighted by molar-refractivity contribution is -0.118. The fourth-order valence-corrected chi connectivity index (χ4v) is 3.01. The lowest BCUT2D eigenvalue weighted by Crippen LogP contribution is -2.52. The van der Waals surface area contributed by atoms with Gasteiger partial charge in [-0.1, -0.05) is 33.9 Å². The molecule has 1 amide bonds. The van der Waals surface area contributed by atoms with Gasteiger partial charge in [0.25, 0.3) is 0 Å². The summed E-state index contributed by atoms with van der Waals surface area (Å²) in [4.78, 5) is 23.1. The first-order valence-corrected chi connectivity index (χ1v) is 8.15. The number of alkyl carbamates (subject to hydrolysis) is 1. The van der Waals surface area contributed by atoms with Crippen LogP contribution in [0.2, 0.25) is 18.1 Å². The van der Waals surface area contributed by atoms with E-state index in [0.717, 1.165) is 0 Å². The van der Waals surface area contributed by atoms with Crippen LogP contribution in [0.3, 0.4) is 0 Å². The Kier molecular flexibility index (Phi) is 2.96. The highest BCUT2D eigenvalue weighted by Gasteiger charge is 2.47. The number of ether oxygens (including phenoxy) is 1. The van der Waals surface area contributed by atoms with Crippen LogP contribution in [0.15, 0.2) is 0 Å². The molecule has 1 rings (SSSR count). The molecule has 4 nitrogen and oxygen atoms in total. The molecule has 0 spiro atoms. The fourth-order valence-electron chi connectivity index (χ4n) is 1.31. The van der Waals surface area contributed by atoms with Crippen molar-refractivity contribution in [3.05, 3.63) is 0 Å². The zero-order chi connectivity index (χ0) is 11.9. The quantitative estimate of drug-likeness (QED) is 0.733. The van der Waals surface area contributed by atoms with Gasteiger partial charge >= 0.3 is 6.09 Å². The van der Waals surface area contributed by atoms with Gasteiger partial charge in [-0.05, 0) is 5.04 Å². The maximum absolute atomic E-state index is 12.2. The normalized spacial score (nSPS) is 22.2. The Morgan fingerprint density at radius 3 is 2.33 bits per heavy atom. The molecule has 0 radical (unpaired) electrons. The van der Waals surface area contributed by atoms with Crippen LogP contribution in [0.25, 0.3) is 0 Å². The van der Waals surface area contributed by atoms with E-state index in [1.54, 1.807) is 0 Å². The average Bonchev–Trinajstić information content (AvgIpc) is 2.48. The van der Waals surface area contributed by atoms with Gasteiger partial charge in [0, 0.05) is 0 Å². The zero-order valence-electron chi connectivity index (χ0n) is 10.0.